The molecule has 1 amide bonds. The molecule has 2 aromatic carbocycles. The molecule has 1 saturated heterocycles. The predicted molar refractivity (Wildman–Crippen MR) is 112 cm³/mol. The Hall–Kier alpha value is -3.30. The molecule has 6 nitrogen and oxygen atoms in total. The van der Waals surface area contributed by atoms with Crippen LogP contribution < -0.4 is 5.32 Å². The summed E-state index contributed by atoms with van der Waals surface area (Å²) in [7, 11) is 0. The van der Waals surface area contributed by atoms with E-state index < -0.39 is 0 Å². The second-order valence-corrected chi connectivity index (χ2v) is 7.12. The number of hydrogen-bond acceptors (Lipinski definition) is 5. The molecular weight excluding hydrogens is 364 g/mol. The topological polar surface area (TPSA) is 79.6 Å². The Bertz CT molecular complexity index is 864. The summed E-state index contributed by atoms with van der Waals surface area (Å²) in [6, 6.07) is 19.3. The summed E-state index contributed by atoms with van der Waals surface area (Å²) in [5, 5.41) is 21.5. The van der Waals surface area contributed by atoms with Crippen molar-refractivity contribution in [3.8, 4) is 11.8 Å². The lowest BCUT2D eigenvalue weighted by atomic mass is 10.1. The number of piperazine rings is 1. The van der Waals surface area contributed by atoms with E-state index in [1.54, 1.807) is 18.3 Å². The molecule has 29 heavy (non-hydrogen) atoms. The summed E-state index contributed by atoms with van der Waals surface area (Å²) in [4.78, 5) is 16.7. The van der Waals surface area contributed by atoms with Gasteiger partial charge in [0, 0.05) is 45.5 Å². The maximum atomic E-state index is 12.3. The molecule has 2 aromatic rings. The largest absolute Gasteiger partial charge is 0.508 e. The minimum atomic E-state index is -0.349. The van der Waals surface area contributed by atoms with Gasteiger partial charge in [-0.1, -0.05) is 42.5 Å². The van der Waals surface area contributed by atoms with Gasteiger partial charge in [0.2, 0.25) is 0 Å². The van der Waals surface area contributed by atoms with Crippen LogP contribution in [0.2, 0.25) is 0 Å². The molecule has 0 atom stereocenters. The Balaban J connectivity index is 1.45. The molecule has 1 fully saturated rings. The normalized spacial score (nSPS) is 15.0. The number of benzene rings is 2. The van der Waals surface area contributed by atoms with Crippen LogP contribution in [0.15, 0.2) is 66.4 Å². The molecule has 2 N–H and O–H groups in total. The van der Waals surface area contributed by atoms with Crippen LogP contribution in [0, 0.1) is 11.3 Å². The van der Waals surface area contributed by atoms with E-state index in [0.717, 1.165) is 38.3 Å². The highest BCUT2D eigenvalue weighted by Crippen LogP contribution is 2.11. The Labute approximate surface area is 171 Å². The number of hydrogen-bond donors (Lipinski definition) is 2. The zero-order chi connectivity index (χ0) is 20.5. The van der Waals surface area contributed by atoms with Crippen molar-refractivity contribution >= 4 is 5.91 Å². The van der Waals surface area contributed by atoms with Gasteiger partial charge < -0.3 is 15.3 Å². The molecule has 0 unspecified atom stereocenters. The fourth-order valence-corrected chi connectivity index (χ4v) is 3.29. The fraction of sp³-hybridized carbons (Fsp3) is 0.304. The van der Waals surface area contributed by atoms with Crippen molar-refractivity contribution in [1.82, 2.24) is 15.1 Å². The van der Waals surface area contributed by atoms with Crippen LogP contribution in [0.25, 0.3) is 0 Å². The maximum absolute atomic E-state index is 12.3. The number of amides is 1. The molecule has 0 aromatic heterocycles. The molecular formula is C23H26N4O2. The van der Waals surface area contributed by atoms with E-state index in [-0.39, 0.29) is 17.2 Å². The minimum Gasteiger partial charge on any atom is -0.508 e. The Morgan fingerprint density at radius 3 is 2.38 bits per heavy atom. The predicted octanol–water partition coefficient (Wildman–Crippen LogP) is 2.28. The van der Waals surface area contributed by atoms with Crippen LogP contribution in [0.1, 0.15) is 11.1 Å². The van der Waals surface area contributed by atoms with Gasteiger partial charge in [-0.2, -0.15) is 5.26 Å². The Morgan fingerprint density at radius 1 is 1.03 bits per heavy atom. The maximum Gasteiger partial charge on any atom is 0.263 e. The standard InChI is InChI=1S/C23H26N4O2/c24-16-21(23(29)25-11-10-19-6-8-22(28)9-7-19)18-27-14-12-26(13-15-27)17-20-4-2-1-3-5-20/h1-9,18,28H,10-15,17H2,(H,25,29)/b21-18-. The van der Waals surface area contributed by atoms with Gasteiger partial charge in [0.25, 0.3) is 5.91 Å². The number of rotatable bonds is 7. The first kappa shape index (κ1) is 20.4. The molecule has 0 bridgehead atoms. The molecule has 0 aliphatic carbocycles. The van der Waals surface area contributed by atoms with Crippen molar-refractivity contribution in [2.24, 2.45) is 0 Å². The van der Waals surface area contributed by atoms with E-state index in [0.29, 0.717) is 13.0 Å². The summed E-state index contributed by atoms with van der Waals surface area (Å²) >= 11 is 0. The molecule has 0 saturated carbocycles. The first-order valence-corrected chi connectivity index (χ1v) is 9.82. The van der Waals surface area contributed by atoms with E-state index in [1.807, 2.05) is 41.3 Å². The van der Waals surface area contributed by atoms with Crippen LogP contribution >= 0.6 is 0 Å². The number of nitrogens with one attached hydrogen (secondary N) is 1. The molecule has 6 heteroatoms. The van der Waals surface area contributed by atoms with Gasteiger partial charge in [0.1, 0.15) is 17.4 Å². The van der Waals surface area contributed by atoms with E-state index in [9.17, 15) is 15.2 Å². The quantitative estimate of drug-likeness (QED) is 0.560. The SMILES string of the molecule is N#C/C(=C/N1CCN(Cc2ccccc2)CC1)C(=O)NCCc1ccc(O)cc1. The van der Waals surface area contributed by atoms with Gasteiger partial charge in [0.15, 0.2) is 0 Å². The van der Waals surface area contributed by atoms with E-state index >= 15 is 0 Å². The van der Waals surface area contributed by atoms with Gasteiger partial charge in [-0.05, 0) is 29.7 Å². The highest BCUT2D eigenvalue weighted by Gasteiger charge is 2.17. The lowest BCUT2D eigenvalue weighted by Gasteiger charge is -2.34. The second kappa shape index (κ2) is 10.3. The molecule has 0 spiro atoms. The monoisotopic (exact) mass is 390 g/mol. The molecule has 1 aliphatic rings. The van der Waals surface area contributed by atoms with Crippen LogP contribution in [0.5, 0.6) is 5.75 Å². The van der Waals surface area contributed by atoms with Crippen LogP contribution in [0.3, 0.4) is 0 Å². The summed E-state index contributed by atoms with van der Waals surface area (Å²) in [5.41, 5.74) is 2.44. The van der Waals surface area contributed by atoms with Gasteiger partial charge in [-0.15, -0.1) is 0 Å². The Kier molecular flexibility index (Phi) is 7.26. The third-order valence-corrected chi connectivity index (χ3v) is 4.97. The average molecular weight is 390 g/mol. The fourth-order valence-electron chi connectivity index (χ4n) is 3.29. The zero-order valence-corrected chi connectivity index (χ0v) is 16.4. The van der Waals surface area contributed by atoms with Crippen molar-refractivity contribution in [3.05, 3.63) is 77.5 Å². The number of nitrogens with zero attached hydrogens (tertiary/aromatic N) is 3. The van der Waals surface area contributed by atoms with Crippen molar-refractivity contribution in [2.75, 3.05) is 32.7 Å². The summed E-state index contributed by atoms with van der Waals surface area (Å²) in [6.07, 6.45) is 2.32. The van der Waals surface area contributed by atoms with Crippen molar-refractivity contribution < 1.29 is 9.90 Å². The Morgan fingerprint density at radius 2 is 1.72 bits per heavy atom. The van der Waals surface area contributed by atoms with Crippen molar-refractivity contribution in [3.63, 3.8) is 0 Å². The zero-order valence-electron chi connectivity index (χ0n) is 16.4. The lowest BCUT2D eigenvalue weighted by Crippen LogP contribution is -2.44. The van der Waals surface area contributed by atoms with Gasteiger partial charge in [-0.3, -0.25) is 9.69 Å². The number of phenols is 1. The van der Waals surface area contributed by atoms with Crippen LogP contribution in [0.4, 0.5) is 0 Å². The number of carbonyl (C=O) groups excluding carboxylic acids is 1. The highest BCUT2D eigenvalue weighted by atomic mass is 16.3. The van der Waals surface area contributed by atoms with Crippen LogP contribution in [-0.4, -0.2) is 53.5 Å². The minimum absolute atomic E-state index is 0.132. The summed E-state index contributed by atoms with van der Waals surface area (Å²) in [5.74, 6) is -0.130. The third kappa shape index (κ3) is 6.37. The number of nitriles is 1. The molecule has 1 aliphatic heterocycles. The van der Waals surface area contributed by atoms with Crippen LogP contribution in [-0.2, 0) is 17.8 Å². The van der Waals surface area contributed by atoms with Crippen molar-refractivity contribution in [2.45, 2.75) is 13.0 Å². The first-order chi connectivity index (χ1) is 14.1. The average Bonchev–Trinajstić information content (AvgIpc) is 2.75. The van der Waals surface area contributed by atoms with Gasteiger partial charge >= 0.3 is 0 Å². The van der Waals surface area contributed by atoms with Gasteiger partial charge in [0.05, 0.1) is 0 Å². The number of carbonyl (C=O) groups is 1. The molecule has 1 heterocycles. The van der Waals surface area contributed by atoms with E-state index in [4.69, 9.17) is 0 Å². The smallest absolute Gasteiger partial charge is 0.263 e. The third-order valence-electron chi connectivity index (χ3n) is 4.97. The molecule has 150 valence electrons. The number of phenolic OH excluding ortho intramolecular Hbond substituents is 1. The molecule has 3 rings (SSSR count). The summed E-state index contributed by atoms with van der Waals surface area (Å²) < 4.78 is 0. The number of aromatic hydroxyl groups is 1. The highest BCUT2D eigenvalue weighted by molar-refractivity contribution is 5.97. The lowest BCUT2D eigenvalue weighted by molar-refractivity contribution is -0.117. The second-order valence-electron chi connectivity index (χ2n) is 7.12. The molecule has 0 radical (unpaired) electrons. The summed E-state index contributed by atoms with van der Waals surface area (Å²) in [6.45, 7) is 4.73. The first-order valence-electron chi connectivity index (χ1n) is 9.82. The van der Waals surface area contributed by atoms with Gasteiger partial charge in [-0.25, -0.2) is 0 Å². The van der Waals surface area contributed by atoms with E-state index in [2.05, 4.69) is 22.3 Å². The van der Waals surface area contributed by atoms with Crippen molar-refractivity contribution in [1.29, 1.82) is 5.26 Å². The van der Waals surface area contributed by atoms with E-state index in [1.165, 1.54) is 5.56 Å².